The molecule has 2 aromatic carbocycles. The van der Waals surface area contributed by atoms with E-state index in [4.69, 9.17) is 14.2 Å². The summed E-state index contributed by atoms with van der Waals surface area (Å²) < 4.78 is 16.4. The van der Waals surface area contributed by atoms with E-state index in [9.17, 15) is 4.79 Å². The van der Waals surface area contributed by atoms with E-state index in [-0.39, 0.29) is 12.0 Å². The van der Waals surface area contributed by atoms with Crippen LogP contribution in [0.5, 0.6) is 11.5 Å². The maximum atomic E-state index is 11.5. The molecule has 2 aliphatic rings. The second-order valence-corrected chi connectivity index (χ2v) is 8.54. The molecule has 3 atom stereocenters. The summed E-state index contributed by atoms with van der Waals surface area (Å²) in [6.07, 6.45) is 4.72. The standard InChI is InChI=1S/C26H33NO4/c1-3-29-26(28)13-6-19-4-7-20(8-5-19)22-9-11-23(16-22)27-18(2)21-10-12-24-25(17-21)31-15-14-30-24/h4-5,7-8,10,12,17-18,22-23,27H,3,6,9,11,13-16H2,1-2H3. The molecule has 0 saturated heterocycles. The molecule has 0 aromatic heterocycles. The Hall–Kier alpha value is -2.53. The number of benzene rings is 2. The first-order valence-corrected chi connectivity index (χ1v) is 11.5. The number of carbonyl (C=O) groups excluding carboxylic acids is 1. The number of hydrogen-bond acceptors (Lipinski definition) is 5. The quantitative estimate of drug-likeness (QED) is 0.610. The van der Waals surface area contributed by atoms with E-state index >= 15 is 0 Å². The summed E-state index contributed by atoms with van der Waals surface area (Å²) >= 11 is 0. The van der Waals surface area contributed by atoms with Crippen LogP contribution < -0.4 is 14.8 Å². The van der Waals surface area contributed by atoms with Gasteiger partial charge in [0, 0.05) is 18.5 Å². The first kappa shape index (κ1) is 21.7. The molecule has 0 bridgehead atoms. The predicted octanol–water partition coefficient (Wildman–Crippen LogP) is 4.94. The minimum atomic E-state index is -0.122. The fourth-order valence-electron chi connectivity index (χ4n) is 4.65. The maximum Gasteiger partial charge on any atom is 0.306 e. The average molecular weight is 424 g/mol. The van der Waals surface area contributed by atoms with Gasteiger partial charge < -0.3 is 19.5 Å². The lowest BCUT2D eigenvalue weighted by Gasteiger charge is -2.23. The van der Waals surface area contributed by atoms with Gasteiger partial charge in [0.1, 0.15) is 13.2 Å². The van der Waals surface area contributed by atoms with Crippen molar-refractivity contribution in [3.63, 3.8) is 0 Å². The summed E-state index contributed by atoms with van der Waals surface area (Å²) in [4.78, 5) is 11.5. The normalized spacial score (nSPS) is 21.0. The zero-order chi connectivity index (χ0) is 21.6. The summed E-state index contributed by atoms with van der Waals surface area (Å²) in [5.74, 6) is 2.16. The van der Waals surface area contributed by atoms with E-state index in [2.05, 4.69) is 48.6 Å². The summed E-state index contributed by atoms with van der Waals surface area (Å²) in [5, 5.41) is 3.81. The monoisotopic (exact) mass is 423 g/mol. The van der Waals surface area contributed by atoms with Crippen molar-refractivity contribution in [2.24, 2.45) is 0 Å². The first-order chi connectivity index (χ1) is 15.1. The molecule has 0 radical (unpaired) electrons. The van der Waals surface area contributed by atoms with Crippen LogP contribution in [0.25, 0.3) is 0 Å². The van der Waals surface area contributed by atoms with Gasteiger partial charge in [-0.1, -0.05) is 30.3 Å². The number of carbonyl (C=O) groups is 1. The topological polar surface area (TPSA) is 56.8 Å². The number of nitrogens with one attached hydrogen (secondary N) is 1. The SMILES string of the molecule is CCOC(=O)CCc1ccc(C2CCC(NC(C)c3ccc4c(c3)OCCO4)C2)cc1. The Morgan fingerprint density at radius 2 is 1.87 bits per heavy atom. The molecule has 3 unspecified atom stereocenters. The van der Waals surface area contributed by atoms with E-state index in [1.165, 1.54) is 29.5 Å². The van der Waals surface area contributed by atoms with Gasteiger partial charge in [0.05, 0.1) is 6.61 Å². The molecule has 4 rings (SSSR count). The van der Waals surface area contributed by atoms with Crippen LogP contribution in [0.1, 0.15) is 68.2 Å². The van der Waals surface area contributed by atoms with E-state index in [0.717, 1.165) is 24.3 Å². The van der Waals surface area contributed by atoms with Crippen molar-refractivity contribution in [1.82, 2.24) is 5.32 Å². The lowest BCUT2D eigenvalue weighted by atomic mass is 9.95. The van der Waals surface area contributed by atoms with Gasteiger partial charge in [0.25, 0.3) is 0 Å². The highest BCUT2D eigenvalue weighted by Crippen LogP contribution is 2.37. The van der Waals surface area contributed by atoms with Crippen molar-refractivity contribution in [2.75, 3.05) is 19.8 Å². The second-order valence-electron chi connectivity index (χ2n) is 8.54. The Labute approximate surface area is 185 Å². The lowest BCUT2D eigenvalue weighted by Crippen LogP contribution is -2.29. The van der Waals surface area contributed by atoms with Crippen LogP contribution in [0.3, 0.4) is 0 Å². The van der Waals surface area contributed by atoms with Gasteiger partial charge in [0.2, 0.25) is 0 Å². The molecule has 31 heavy (non-hydrogen) atoms. The van der Waals surface area contributed by atoms with Gasteiger partial charge in [-0.3, -0.25) is 4.79 Å². The summed E-state index contributed by atoms with van der Waals surface area (Å²) in [6.45, 7) is 5.74. The van der Waals surface area contributed by atoms with Crippen molar-refractivity contribution >= 4 is 5.97 Å². The molecule has 1 N–H and O–H groups in total. The molecule has 0 spiro atoms. The molecule has 1 aliphatic carbocycles. The molecule has 5 nitrogen and oxygen atoms in total. The molecule has 5 heteroatoms. The second kappa shape index (κ2) is 10.2. The zero-order valence-electron chi connectivity index (χ0n) is 18.6. The van der Waals surface area contributed by atoms with Crippen LogP contribution >= 0.6 is 0 Å². The third kappa shape index (κ3) is 5.59. The Kier molecular flexibility index (Phi) is 7.13. The van der Waals surface area contributed by atoms with Gasteiger partial charge in [-0.05, 0) is 74.3 Å². The van der Waals surface area contributed by atoms with Crippen LogP contribution in [0.2, 0.25) is 0 Å². The minimum absolute atomic E-state index is 0.122. The largest absolute Gasteiger partial charge is 0.486 e. The van der Waals surface area contributed by atoms with Gasteiger partial charge in [-0.2, -0.15) is 0 Å². The first-order valence-electron chi connectivity index (χ1n) is 11.5. The summed E-state index contributed by atoms with van der Waals surface area (Å²) in [6, 6.07) is 15.8. The molecule has 2 aromatic rings. The van der Waals surface area contributed by atoms with Crippen molar-refractivity contribution in [3.8, 4) is 11.5 Å². The minimum Gasteiger partial charge on any atom is -0.486 e. The number of rotatable bonds is 8. The number of aryl methyl sites for hydroxylation is 1. The zero-order valence-corrected chi connectivity index (χ0v) is 18.6. The van der Waals surface area contributed by atoms with Crippen LogP contribution in [0.15, 0.2) is 42.5 Å². The van der Waals surface area contributed by atoms with Crippen molar-refractivity contribution in [3.05, 3.63) is 59.2 Å². The highest BCUT2D eigenvalue weighted by molar-refractivity contribution is 5.69. The maximum absolute atomic E-state index is 11.5. The average Bonchev–Trinajstić information content (AvgIpc) is 3.26. The fourth-order valence-corrected chi connectivity index (χ4v) is 4.65. The highest BCUT2D eigenvalue weighted by Gasteiger charge is 2.27. The summed E-state index contributed by atoms with van der Waals surface area (Å²) in [5.41, 5.74) is 3.83. The molecule has 166 valence electrons. The molecular weight excluding hydrogens is 390 g/mol. The van der Waals surface area contributed by atoms with Gasteiger partial charge in [-0.25, -0.2) is 0 Å². The van der Waals surface area contributed by atoms with Crippen LogP contribution in [-0.2, 0) is 16.0 Å². The Morgan fingerprint density at radius 1 is 1.10 bits per heavy atom. The molecule has 0 amide bonds. The third-order valence-electron chi connectivity index (χ3n) is 6.36. The molecule has 1 saturated carbocycles. The van der Waals surface area contributed by atoms with E-state index < -0.39 is 0 Å². The van der Waals surface area contributed by atoms with Crippen LogP contribution in [0.4, 0.5) is 0 Å². The number of ether oxygens (including phenoxy) is 3. The van der Waals surface area contributed by atoms with Crippen LogP contribution in [-0.4, -0.2) is 31.8 Å². The Morgan fingerprint density at radius 3 is 2.65 bits per heavy atom. The van der Waals surface area contributed by atoms with E-state index in [0.29, 0.717) is 38.2 Å². The van der Waals surface area contributed by atoms with Gasteiger partial charge >= 0.3 is 5.97 Å². The number of fused-ring (bicyclic) bond motifs is 1. The van der Waals surface area contributed by atoms with E-state index in [1.807, 2.05) is 13.0 Å². The van der Waals surface area contributed by atoms with Crippen molar-refractivity contribution in [2.45, 2.75) is 64.0 Å². The molecule has 1 heterocycles. The summed E-state index contributed by atoms with van der Waals surface area (Å²) in [7, 11) is 0. The van der Waals surface area contributed by atoms with Gasteiger partial charge in [-0.15, -0.1) is 0 Å². The smallest absolute Gasteiger partial charge is 0.306 e. The number of hydrogen-bond donors (Lipinski definition) is 1. The number of esters is 1. The van der Waals surface area contributed by atoms with Gasteiger partial charge in [0.15, 0.2) is 11.5 Å². The third-order valence-corrected chi connectivity index (χ3v) is 6.36. The van der Waals surface area contributed by atoms with Crippen molar-refractivity contribution < 1.29 is 19.0 Å². The highest BCUT2D eigenvalue weighted by atomic mass is 16.6. The van der Waals surface area contributed by atoms with Crippen molar-refractivity contribution in [1.29, 1.82) is 0 Å². The Bertz CT molecular complexity index is 879. The fraction of sp³-hybridized carbons (Fsp3) is 0.500. The predicted molar refractivity (Wildman–Crippen MR) is 121 cm³/mol. The molecule has 1 fully saturated rings. The van der Waals surface area contributed by atoms with E-state index in [1.54, 1.807) is 0 Å². The molecular formula is C26H33NO4. The Balaban J connectivity index is 1.28. The molecule has 1 aliphatic heterocycles. The lowest BCUT2D eigenvalue weighted by molar-refractivity contribution is -0.143. The van der Waals surface area contributed by atoms with Crippen LogP contribution in [0, 0.1) is 0 Å².